The van der Waals surface area contributed by atoms with Crippen LogP contribution in [0.5, 0.6) is 0 Å². The molecule has 5 nitrogen and oxygen atoms in total. The van der Waals surface area contributed by atoms with Gasteiger partial charge in [0.2, 0.25) is 15.9 Å². The fraction of sp³-hybridized carbons (Fsp3) is 0.409. The van der Waals surface area contributed by atoms with Crippen molar-refractivity contribution in [1.29, 1.82) is 0 Å². The molecule has 2 aromatic carbocycles. The van der Waals surface area contributed by atoms with E-state index in [0.717, 1.165) is 11.1 Å². The van der Waals surface area contributed by atoms with Crippen molar-refractivity contribution in [3.8, 4) is 0 Å². The Morgan fingerprint density at radius 1 is 1.07 bits per heavy atom. The number of piperidine rings is 1. The summed E-state index contributed by atoms with van der Waals surface area (Å²) in [6.07, 6.45) is 1.20. The number of aryl methyl sites for hydroxylation is 4. The van der Waals surface area contributed by atoms with Crippen molar-refractivity contribution in [1.82, 2.24) is 4.31 Å². The van der Waals surface area contributed by atoms with Crippen molar-refractivity contribution in [2.75, 3.05) is 18.4 Å². The van der Waals surface area contributed by atoms with Gasteiger partial charge in [0.05, 0.1) is 10.8 Å². The molecule has 0 radical (unpaired) electrons. The van der Waals surface area contributed by atoms with Gasteiger partial charge in [-0.05, 0) is 69.4 Å². The summed E-state index contributed by atoms with van der Waals surface area (Å²) in [5.41, 5.74) is 3.61. The van der Waals surface area contributed by atoms with Crippen LogP contribution in [-0.4, -0.2) is 31.7 Å². The molecule has 0 aliphatic carbocycles. The Balaban J connectivity index is 1.81. The lowest BCUT2D eigenvalue weighted by Crippen LogP contribution is -2.44. The molecule has 1 N–H and O–H groups in total. The highest BCUT2D eigenvalue weighted by Gasteiger charge is 2.35. The number of nitrogens with zero attached hydrogens (tertiary/aromatic N) is 1. The Labute approximate surface area is 172 Å². The smallest absolute Gasteiger partial charge is 0.243 e. The monoisotopic (exact) mass is 418 g/mol. The van der Waals surface area contributed by atoms with Crippen LogP contribution in [0.1, 0.15) is 35.1 Å². The molecule has 0 aromatic heterocycles. The highest BCUT2D eigenvalue weighted by atomic mass is 32.2. The van der Waals surface area contributed by atoms with Gasteiger partial charge in [0.25, 0.3) is 0 Å². The zero-order valence-corrected chi connectivity index (χ0v) is 18.1. The molecule has 2 aromatic rings. The normalized spacial score (nSPS) is 17.9. The lowest BCUT2D eigenvalue weighted by atomic mass is 9.98. The number of hydrogen-bond acceptors (Lipinski definition) is 3. The summed E-state index contributed by atoms with van der Waals surface area (Å²) in [5.74, 6) is -1.19. The van der Waals surface area contributed by atoms with Crippen molar-refractivity contribution >= 4 is 21.6 Å². The van der Waals surface area contributed by atoms with Gasteiger partial charge in [-0.3, -0.25) is 4.79 Å². The van der Waals surface area contributed by atoms with E-state index in [1.165, 1.54) is 16.4 Å². The van der Waals surface area contributed by atoms with Gasteiger partial charge in [0.15, 0.2) is 0 Å². The van der Waals surface area contributed by atoms with Crippen LogP contribution in [0.15, 0.2) is 35.2 Å². The predicted molar refractivity (Wildman–Crippen MR) is 112 cm³/mol. The van der Waals surface area contributed by atoms with E-state index in [-0.39, 0.29) is 12.5 Å². The van der Waals surface area contributed by atoms with Gasteiger partial charge in [-0.25, -0.2) is 12.8 Å². The molecule has 7 heteroatoms. The molecule has 0 unspecified atom stereocenters. The van der Waals surface area contributed by atoms with E-state index in [4.69, 9.17) is 0 Å². The van der Waals surface area contributed by atoms with Crippen LogP contribution in [0.4, 0.5) is 10.1 Å². The average Bonchev–Trinajstić information content (AvgIpc) is 2.63. The minimum Gasteiger partial charge on any atom is -0.325 e. The van der Waals surface area contributed by atoms with E-state index < -0.39 is 21.8 Å². The van der Waals surface area contributed by atoms with Gasteiger partial charge in [0, 0.05) is 18.8 Å². The molecule has 1 amide bonds. The molecule has 156 valence electrons. The Morgan fingerprint density at radius 2 is 1.72 bits per heavy atom. The lowest BCUT2D eigenvalue weighted by Gasteiger charge is -2.32. The number of sulfonamides is 1. The largest absolute Gasteiger partial charge is 0.325 e. The van der Waals surface area contributed by atoms with E-state index in [0.29, 0.717) is 41.1 Å². The van der Waals surface area contributed by atoms with Crippen molar-refractivity contribution in [3.63, 3.8) is 0 Å². The SMILES string of the molecule is Cc1cc(C)c(S(=O)(=O)N2CCC[C@H](C(=O)Nc3cc(F)ccc3C)C2)c(C)c1. The summed E-state index contributed by atoms with van der Waals surface area (Å²) >= 11 is 0. The number of anilines is 1. The number of carbonyl (C=O) groups is 1. The predicted octanol–water partition coefficient (Wildman–Crippen LogP) is 4.10. The minimum atomic E-state index is -3.70. The van der Waals surface area contributed by atoms with Crippen molar-refractivity contribution in [2.24, 2.45) is 5.92 Å². The number of nitrogens with one attached hydrogen (secondary N) is 1. The van der Waals surface area contributed by atoms with Gasteiger partial charge < -0.3 is 5.32 Å². The van der Waals surface area contributed by atoms with E-state index in [1.54, 1.807) is 26.8 Å². The number of amides is 1. The van der Waals surface area contributed by atoms with E-state index in [2.05, 4.69) is 5.32 Å². The molecule has 0 spiro atoms. The van der Waals surface area contributed by atoms with Gasteiger partial charge in [-0.15, -0.1) is 0 Å². The standard InChI is InChI=1S/C22H27FN2O3S/c1-14-10-16(3)21(17(4)11-14)29(27,28)25-9-5-6-18(13-25)22(26)24-20-12-19(23)8-7-15(20)2/h7-8,10-12,18H,5-6,9,13H2,1-4H3,(H,24,26)/t18-/m0/s1. The first kappa shape index (κ1) is 21.5. The highest BCUT2D eigenvalue weighted by Crippen LogP contribution is 2.29. The van der Waals surface area contributed by atoms with Gasteiger partial charge in [-0.2, -0.15) is 4.31 Å². The maximum Gasteiger partial charge on any atom is 0.243 e. The molecular weight excluding hydrogens is 391 g/mol. The Hall–Kier alpha value is -2.25. The van der Waals surface area contributed by atoms with Crippen molar-refractivity contribution in [3.05, 3.63) is 58.4 Å². The van der Waals surface area contributed by atoms with E-state index in [1.807, 2.05) is 19.1 Å². The first-order valence-corrected chi connectivity index (χ1v) is 11.2. The first-order chi connectivity index (χ1) is 13.6. The highest BCUT2D eigenvalue weighted by molar-refractivity contribution is 7.89. The quantitative estimate of drug-likeness (QED) is 0.813. The van der Waals surface area contributed by atoms with Crippen molar-refractivity contribution < 1.29 is 17.6 Å². The third kappa shape index (κ3) is 4.51. The van der Waals surface area contributed by atoms with Gasteiger partial charge in [-0.1, -0.05) is 23.8 Å². The number of rotatable bonds is 4. The topological polar surface area (TPSA) is 66.5 Å². The second-order valence-electron chi connectivity index (χ2n) is 7.88. The van der Waals surface area contributed by atoms with Crippen LogP contribution in [0.3, 0.4) is 0 Å². The Kier molecular flexibility index (Phi) is 6.10. The van der Waals surface area contributed by atoms with Crippen LogP contribution in [0, 0.1) is 39.4 Å². The summed E-state index contributed by atoms with van der Waals surface area (Å²) in [5, 5.41) is 2.76. The first-order valence-electron chi connectivity index (χ1n) is 9.74. The molecule has 1 fully saturated rings. The molecule has 0 bridgehead atoms. The van der Waals surface area contributed by atoms with Crippen LogP contribution in [-0.2, 0) is 14.8 Å². The van der Waals surface area contributed by atoms with Crippen LogP contribution in [0.25, 0.3) is 0 Å². The second-order valence-corrected chi connectivity index (χ2v) is 9.75. The fourth-order valence-electron chi connectivity index (χ4n) is 4.04. The third-order valence-corrected chi connectivity index (χ3v) is 7.59. The molecule has 1 aliphatic heterocycles. The summed E-state index contributed by atoms with van der Waals surface area (Å²) in [7, 11) is -3.70. The summed E-state index contributed by atoms with van der Waals surface area (Å²) in [6.45, 7) is 7.83. The summed E-state index contributed by atoms with van der Waals surface area (Å²) in [4.78, 5) is 13.1. The number of benzene rings is 2. The number of hydrogen-bond donors (Lipinski definition) is 1. The molecule has 3 rings (SSSR count). The van der Waals surface area contributed by atoms with Gasteiger partial charge in [0.1, 0.15) is 5.82 Å². The molecule has 1 atom stereocenters. The zero-order valence-electron chi connectivity index (χ0n) is 17.3. The fourth-order valence-corrected chi connectivity index (χ4v) is 5.98. The molecule has 1 aliphatic rings. The number of halogens is 1. The summed E-state index contributed by atoms with van der Waals surface area (Å²) in [6, 6.07) is 7.95. The minimum absolute atomic E-state index is 0.120. The third-order valence-electron chi connectivity index (χ3n) is 5.41. The maximum atomic E-state index is 13.5. The molecule has 1 saturated heterocycles. The second kappa shape index (κ2) is 8.24. The van der Waals surface area contributed by atoms with E-state index >= 15 is 0 Å². The van der Waals surface area contributed by atoms with E-state index in [9.17, 15) is 17.6 Å². The Bertz CT molecular complexity index is 1030. The van der Waals surface area contributed by atoms with Crippen LogP contribution >= 0.6 is 0 Å². The Morgan fingerprint density at radius 3 is 2.38 bits per heavy atom. The number of carbonyl (C=O) groups excluding carboxylic acids is 1. The molecule has 1 heterocycles. The summed E-state index contributed by atoms with van der Waals surface area (Å²) < 4.78 is 41.5. The lowest BCUT2D eigenvalue weighted by molar-refractivity contribution is -0.120. The molecular formula is C22H27FN2O3S. The molecule has 0 saturated carbocycles. The van der Waals surface area contributed by atoms with Crippen LogP contribution in [0.2, 0.25) is 0 Å². The maximum absolute atomic E-state index is 13.5. The van der Waals surface area contributed by atoms with Crippen molar-refractivity contribution in [2.45, 2.75) is 45.4 Å². The average molecular weight is 419 g/mol. The zero-order chi connectivity index (χ0) is 21.3. The van der Waals surface area contributed by atoms with Gasteiger partial charge >= 0.3 is 0 Å². The molecule has 29 heavy (non-hydrogen) atoms. The van der Waals surface area contributed by atoms with Crippen LogP contribution < -0.4 is 5.32 Å².